The average Bonchev–Trinajstić information content (AvgIpc) is 2.67. The lowest BCUT2D eigenvalue weighted by Gasteiger charge is -2.06. The summed E-state index contributed by atoms with van der Waals surface area (Å²) in [5.41, 5.74) is 4.68. The van der Waals surface area contributed by atoms with Gasteiger partial charge in [-0.1, -0.05) is 61.5 Å². The van der Waals surface area contributed by atoms with Crippen molar-refractivity contribution < 1.29 is 9.53 Å². The van der Waals surface area contributed by atoms with Crippen LogP contribution < -0.4 is 10.2 Å². The molecule has 3 aromatic rings. The van der Waals surface area contributed by atoms with Crippen LogP contribution in [0.1, 0.15) is 18.1 Å². The fourth-order valence-corrected chi connectivity index (χ4v) is 2.46. The number of ether oxygens (including phenoxy) is 1. The highest BCUT2D eigenvalue weighted by molar-refractivity contribution is 5.84. The normalized spacial score (nSPS) is 10.9. The van der Waals surface area contributed by atoms with E-state index in [2.05, 4.69) is 17.5 Å². The van der Waals surface area contributed by atoms with E-state index in [4.69, 9.17) is 4.74 Å². The molecule has 25 heavy (non-hydrogen) atoms. The minimum atomic E-state index is -0.297. The molecule has 1 N–H and O–H groups in total. The number of nitrogens with one attached hydrogen (secondary N) is 1. The smallest absolute Gasteiger partial charge is 0.277 e. The molecule has 0 fully saturated rings. The maximum Gasteiger partial charge on any atom is 0.277 e. The summed E-state index contributed by atoms with van der Waals surface area (Å²) >= 11 is 0. The lowest BCUT2D eigenvalue weighted by molar-refractivity contribution is -0.123. The first-order valence-electron chi connectivity index (χ1n) is 8.27. The zero-order chi connectivity index (χ0) is 17.5. The van der Waals surface area contributed by atoms with Gasteiger partial charge in [0.25, 0.3) is 5.91 Å². The van der Waals surface area contributed by atoms with Gasteiger partial charge in [0.15, 0.2) is 6.61 Å². The van der Waals surface area contributed by atoms with Crippen LogP contribution in [0.4, 0.5) is 0 Å². The Bertz CT molecular complexity index is 886. The molecular weight excluding hydrogens is 312 g/mol. The van der Waals surface area contributed by atoms with E-state index in [0.717, 1.165) is 22.8 Å². The number of nitrogens with zero attached hydrogens (tertiary/aromatic N) is 1. The number of hydrazone groups is 1. The van der Waals surface area contributed by atoms with Gasteiger partial charge in [-0.3, -0.25) is 4.79 Å². The summed E-state index contributed by atoms with van der Waals surface area (Å²) in [6.07, 6.45) is 2.62. The number of carbonyl (C=O) groups excluding carboxylic acids is 1. The number of aryl methyl sites for hydroxylation is 1. The molecule has 0 saturated carbocycles. The van der Waals surface area contributed by atoms with Crippen LogP contribution in [0, 0.1) is 0 Å². The number of fused-ring (bicyclic) bond motifs is 1. The number of amides is 1. The zero-order valence-corrected chi connectivity index (χ0v) is 14.1. The molecule has 0 aliphatic carbocycles. The maximum atomic E-state index is 11.8. The van der Waals surface area contributed by atoms with Crippen LogP contribution in [0.25, 0.3) is 10.8 Å². The van der Waals surface area contributed by atoms with Gasteiger partial charge in [0, 0.05) is 0 Å². The molecular formula is C21H20N2O2. The second-order valence-corrected chi connectivity index (χ2v) is 5.69. The Balaban J connectivity index is 1.50. The minimum Gasteiger partial charge on any atom is -0.484 e. The van der Waals surface area contributed by atoms with E-state index in [-0.39, 0.29) is 12.5 Å². The molecule has 0 bridgehead atoms. The molecule has 4 nitrogen and oxygen atoms in total. The number of hydrogen-bond acceptors (Lipinski definition) is 3. The van der Waals surface area contributed by atoms with Gasteiger partial charge in [0.2, 0.25) is 0 Å². The molecule has 0 heterocycles. The first kappa shape index (κ1) is 16.7. The number of carbonyl (C=O) groups is 1. The summed E-state index contributed by atoms with van der Waals surface area (Å²) in [5, 5.41) is 6.17. The third kappa shape index (κ3) is 4.67. The van der Waals surface area contributed by atoms with E-state index in [1.807, 2.05) is 66.7 Å². The van der Waals surface area contributed by atoms with Gasteiger partial charge in [-0.2, -0.15) is 5.10 Å². The monoisotopic (exact) mass is 332 g/mol. The molecule has 4 heteroatoms. The summed E-state index contributed by atoms with van der Waals surface area (Å²) < 4.78 is 5.52. The standard InChI is InChI=1S/C21H20N2O2/c1-2-16-7-9-17(10-8-16)14-22-23-21(24)15-25-20-12-11-18-5-3-4-6-19(18)13-20/h3-14H,2,15H2,1H3,(H,23,24). The van der Waals surface area contributed by atoms with Crippen LogP contribution in [0.15, 0.2) is 71.8 Å². The molecule has 0 aliphatic heterocycles. The second-order valence-electron chi connectivity index (χ2n) is 5.69. The highest BCUT2D eigenvalue weighted by Crippen LogP contribution is 2.20. The lowest BCUT2D eigenvalue weighted by atomic mass is 10.1. The first-order chi connectivity index (χ1) is 12.2. The fraction of sp³-hybridized carbons (Fsp3) is 0.143. The maximum absolute atomic E-state index is 11.8. The Labute approximate surface area is 147 Å². The van der Waals surface area contributed by atoms with Crippen molar-refractivity contribution in [2.75, 3.05) is 6.61 Å². The molecule has 0 unspecified atom stereocenters. The Morgan fingerprint density at radius 2 is 1.80 bits per heavy atom. The third-order valence-corrected chi connectivity index (χ3v) is 3.88. The van der Waals surface area contributed by atoms with Crippen LogP contribution in [-0.4, -0.2) is 18.7 Å². The Morgan fingerprint density at radius 3 is 2.56 bits per heavy atom. The van der Waals surface area contributed by atoms with Crippen molar-refractivity contribution in [2.45, 2.75) is 13.3 Å². The van der Waals surface area contributed by atoms with Gasteiger partial charge in [-0.15, -0.1) is 0 Å². The molecule has 3 rings (SSSR count). The molecule has 3 aromatic carbocycles. The van der Waals surface area contributed by atoms with Gasteiger partial charge < -0.3 is 4.74 Å². The molecule has 0 radical (unpaired) electrons. The highest BCUT2D eigenvalue weighted by Gasteiger charge is 2.02. The molecule has 0 aromatic heterocycles. The van der Waals surface area contributed by atoms with Crippen molar-refractivity contribution in [1.82, 2.24) is 5.43 Å². The van der Waals surface area contributed by atoms with Crippen molar-refractivity contribution in [3.63, 3.8) is 0 Å². The largest absolute Gasteiger partial charge is 0.484 e. The molecule has 0 saturated heterocycles. The Hall–Kier alpha value is -3.14. The topological polar surface area (TPSA) is 50.7 Å². The molecule has 1 amide bonds. The van der Waals surface area contributed by atoms with E-state index in [1.165, 1.54) is 5.56 Å². The quantitative estimate of drug-likeness (QED) is 0.549. The SMILES string of the molecule is CCc1ccc(C=NNC(=O)COc2ccc3ccccc3c2)cc1. The third-order valence-electron chi connectivity index (χ3n) is 3.88. The van der Waals surface area contributed by atoms with E-state index in [9.17, 15) is 4.79 Å². The van der Waals surface area contributed by atoms with Gasteiger partial charge >= 0.3 is 0 Å². The zero-order valence-electron chi connectivity index (χ0n) is 14.1. The first-order valence-corrected chi connectivity index (χ1v) is 8.27. The summed E-state index contributed by atoms with van der Waals surface area (Å²) in [5.74, 6) is 0.363. The molecule has 126 valence electrons. The minimum absolute atomic E-state index is 0.0789. The van der Waals surface area contributed by atoms with Gasteiger partial charge in [0.1, 0.15) is 5.75 Å². The highest BCUT2D eigenvalue weighted by atomic mass is 16.5. The Kier molecular flexibility index (Phi) is 5.42. The van der Waals surface area contributed by atoms with E-state index in [0.29, 0.717) is 5.75 Å². The number of hydrogen-bond donors (Lipinski definition) is 1. The van der Waals surface area contributed by atoms with Crippen LogP contribution in [0.2, 0.25) is 0 Å². The molecule has 0 atom stereocenters. The molecule has 0 aliphatic rings. The summed E-state index contributed by atoms with van der Waals surface area (Å²) in [7, 11) is 0. The van der Waals surface area contributed by atoms with E-state index >= 15 is 0 Å². The Morgan fingerprint density at radius 1 is 1.04 bits per heavy atom. The van der Waals surface area contributed by atoms with Crippen LogP contribution in [-0.2, 0) is 11.2 Å². The van der Waals surface area contributed by atoms with Crippen molar-refractivity contribution in [1.29, 1.82) is 0 Å². The van der Waals surface area contributed by atoms with Crippen molar-refractivity contribution in [2.24, 2.45) is 5.10 Å². The van der Waals surface area contributed by atoms with Crippen molar-refractivity contribution in [3.8, 4) is 5.75 Å². The van der Waals surface area contributed by atoms with Gasteiger partial charge in [-0.25, -0.2) is 5.43 Å². The summed E-state index contributed by atoms with van der Waals surface area (Å²) in [6, 6.07) is 21.8. The van der Waals surface area contributed by atoms with Gasteiger partial charge in [-0.05, 0) is 40.5 Å². The van der Waals surface area contributed by atoms with E-state index < -0.39 is 0 Å². The predicted octanol–water partition coefficient (Wildman–Crippen LogP) is 3.93. The summed E-state index contributed by atoms with van der Waals surface area (Å²) in [4.78, 5) is 11.8. The van der Waals surface area contributed by atoms with E-state index in [1.54, 1.807) is 6.21 Å². The summed E-state index contributed by atoms with van der Waals surface area (Å²) in [6.45, 7) is 2.03. The fourth-order valence-electron chi connectivity index (χ4n) is 2.46. The average molecular weight is 332 g/mol. The van der Waals surface area contributed by atoms with Crippen LogP contribution in [0.3, 0.4) is 0 Å². The lowest BCUT2D eigenvalue weighted by Crippen LogP contribution is -2.24. The van der Waals surface area contributed by atoms with Crippen molar-refractivity contribution >= 4 is 22.9 Å². The van der Waals surface area contributed by atoms with Crippen molar-refractivity contribution in [3.05, 3.63) is 77.9 Å². The number of benzene rings is 3. The van der Waals surface area contributed by atoms with Gasteiger partial charge in [0.05, 0.1) is 6.21 Å². The van der Waals surface area contributed by atoms with Crippen LogP contribution >= 0.6 is 0 Å². The number of rotatable bonds is 6. The van der Waals surface area contributed by atoms with Crippen LogP contribution in [0.5, 0.6) is 5.75 Å². The second kappa shape index (κ2) is 8.11. The molecule has 0 spiro atoms. The predicted molar refractivity (Wildman–Crippen MR) is 101 cm³/mol.